The van der Waals surface area contributed by atoms with E-state index in [9.17, 15) is 14.9 Å². The van der Waals surface area contributed by atoms with Crippen LogP contribution in [0.1, 0.15) is 18.9 Å². The van der Waals surface area contributed by atoms with Crippen molar-refractivity contribution in [3.05, 3.63) is 33.9 Å². The average molecular weight is 238 g/mol. The van der Waals surface area contributed by atoms with Crippen LogP contribution in [0.3, 0.4) is 0 Å². The summed E-state index contributed by atoms with van der Waals surface area (Å²) in [6, 6.07) is 3.82. The van der Waals surface area contributed by atoms with Gasteiger partial charge in [0.05, 0.1) is 4.92 Å². The van der Waals surface area contributed by atoms with E-state index < -0.39 is 16.9 Å². The van der Waals surface area contributed by atoms with E-state index in [2.05, 4.69) is 5.32 Å². The van der Waals surface area contributed by atoms with Crippen LogP contribution in [0.15, 0.2) is 18.2 Å². The Hall–Kier alpha value is -2.11. The van der Waals surface area contributed by atoms with Gasteiger partial charge in [0.25, 0.3) is 5.69 Å². The molecule has 0 radical (unpaired) electrons. The summed E-state index contributed by atoms with van der Waals surface area (Å²) in [4.78, 5) is 21.2. The molecule has 0 aliphatic heterocycles. The summed E-state index contributed by atoms with van der Waals surface area (Å²) in [6.07, 6.45) is 0.348. The van der Waals surface area contributed by atoms with Gasteiger partial charge >= 0.3 is 5.97 Å². The topological polar surface area (TPSA) is 92.5 Å². The molecule has 1 aromatic rings. The summed E-state index contributed by atoms with van der Waals surface area (Å²) >= 11 is 0. The number of nitro groups is 1. The monoisotopic (exact) mass is 238 g/mol. The molecule has 1 unspecified atom stereocenters. The highest BCUT2D eigenvalue weighted by Gasteiger charge is 2.20. The number of hydrogen-bond acceptors (Lipinski definition) is 4. The van der Waals surface area contributed by atoms with Crippen LogP contribution in [0.5, 0.6) is 0 Å². The number of aryl methyl sites for hydroxylation is 1. The molecule has 0 saturated carbocycles. The molecule has 1 aromatic carbocycles. The fraction of sp³-hybridized carbons (Fsp3) is 0.364. The number of nitrogens with zero attached hydrogens (tertiary/aromatic N) is 1. The Morgan fingerprint density at radius 2 is 2.24 bits per heavy atom. The molecule has 1 atom stereocenters. The highest BCUT2D eigenvalue weighted by Crippen LogP contribution is 2.26. The van der Waals surface area contributed by atoms with Crippen molar-refractivity contribution >= 4 is 17.3 Å². The van der Waals surface area contributed by atoms with Crippen molar-refractivity contribution in [1.82, 2.24) is 0 Å². The highest BCUT2D eigenvalue weighted by atomic mass is 16.6. The van der Waals surface area contributed by atoms with Crippen LogP contribution in [0, 0.1) is 17.0 Å². The molecule has 0 aliphatic carbocycles. The molecule has 92 valence electrons. The lowest BCUT2D eigenvalue weighted by atomic mass is 10.1. The van der Waals surface area contributed by atoms with Crippen molar-refractivity contribution in [2.24, 2.45) is 0 Å². The van der Waals surface area contributed by atoms with Gasteiger partial charge in [0.15, 0.2) is 0 Å². The molecular weight excluding hydrogens is 224 g/mol. The number of carboxylic acid groups (broad SMARTS) is 1. The van der Waals surface area contributed by atoms with E-state index in [1.54, 1.807) is 19.9 Å². The first kappa shape index (κ1) is 13.0. The maximum absolute atomic E-state index is 10.9. The Morgan fingerprint density at radius 1 is 1.59 bits per heavy atom. The summed E-state index contributed by atoms with van der Waals surface area (Å²) in [5.74, 6) is -1.03. The van der Waals surface area contributed by atoms with E-state index in [1.807, 2.05) is 0 Å². The zero-order valence-corrected chi connectivity index (χ0v) is 9.64. The van der Waals surface area contributed by atoms with Crippen molar-refractivity contribution in [2.75, 3.05) is 5.32 Å². The van der Waals surface area contributed by atoms with Gasteiger partial charge in [-0.05, 0) is 25.0 Å². The van der Waals surface area contributed by atoms with Gasteiger partial charge < -0.3 is 10.4 Å². The predicted molar refractivity (Wildman–Crippen MR) is 63.2 cm³/mol. The van der Waals surface area contributed by atoms with Crippen LogP contribution in [-0.4, -0.2) is 22.0 Å². The van der Waals surface area contributed by atoms with Crippen LogP contribution >= 0.6 is 0 Å². The molecule has 0 spiro atoms. The minimum Gasteiger partial charge on any atom is -0.480 e. The molecule has 0 aromatic heterocycles. The second-order valence-electron chi connectivity index (χ2n) is 3.72. The molecule has 0 bridgehead atoms. The number of hydrogen-bond donors (Lipinski definition) is 2. The van der Waals surface area contributed by atoms with Gasteiger partial charge in [-0.3, -0.25) is 10.1 Å². The molecule has 6 nitrogen and oxygen atoms in total. The SMILES string of the molecule is CCC(Nc1ccc(C)cc1[N+](=O)[O-])C(=O)O. The smallest absolute Gasteiger partial charge is 0.326 e. The largest absolute Gasteiger partial charge is 0.480 e. The number of rotatable bonds is 5. The van der Waals surface area contributed by atoms with Crippen LogP contribution < -0.4 is 5.32 Å². The summed E-state index contributed by atoms with van der Waals surface area (Å²) in [5.41, 5.74) is 0.880. The number of carbonyl (C=O) groups is 1. The van der Waals surface area contributed by atoms with Gasteiger partial charge in [0.2, 0.25) is 0 Å². The Balaban J connectivity index is 3.05. The lowest BCUT2D eigenvalue weighted by Crippen LogP contribution is -2.28. The fourth-order valence-electron chi connectivity index (χ4n) is 1.44. The van der Waals surface area contributed by atoms with Crippen molar-refractivity contribution in [3.63, 3.8) is 0 Å². The van der Waals surface area contributed by atoms with Gasteiger partial charge in [-0.2, -0.15) is 0 Å². The first-order valence-electron chi connectivity index (χ1n) is 5.20. The molecular formula is C11H14N2O4. The molecule has 0 aliphatic rings. The van der Waals surface area contributed by atoms with Gasteiger partial charge in [-0.15, -0.1) is 0 Å². The average Bonchev–Trinajstić information content (AvgIpc) is 2.26. The highest BCUT2D eigenvalue weighted by molar-refractivity contribution is 5.79. The quantitative estimate of drug-likeness (QED) is 0.605. The molecule has 0 saturated heterocycles. The van der Waals surface area contributed by atoms with E-state index in [0.717, 1.165) is 5.56 Å². The van der Waals surface area contributed by atoms with Gasteiger partial charge in [0, 0.05) is 6.07 Å². The molecule has 0 heterocycles. The zero-order valence-electron chi connectivity index (χ0n) is 9.64. The molecule has 1 rings (SSSR count). The number of anilines is 1. The van der Waals surface area contributed by atoms with Gasteiger partial charge in [-0.25, -0.2) is 4.79 Å². The number of nitrogens with one attached hydrogen (secondary N) is 1. The van der Waals surface area contributed by atoms with E-state index in [1.165, 1.54) is 12.1 Å². The second kappa shape index (κ2) is 5.29. The Kier molecular flexibility index (Phi) is 4.03. The van der Waals surface area contributed by atoms with E-state index >= 15 is 0 Å². The predicted octanol–water partition coefficient (Wildman–Crippen LogP) is 2.18. The van der Waals surface area contributed by atoms with Crippen molar-refractivity contribution in [3.8, 4) is 0 Å². The zero-order chi connectivity index (χ0) is 13.0. The fourth-order valence-corrected chi connectivity index (χ4v) is 1.44. The molecule has 0 amide bonds. The number of carboxylic acids is 1. The molecule has 2 N–H and O–H groups in total. The lowest BCUT2D eigenvalue weighted by Gasteiger charge is -2.13. The maximum Gasteiger partial charge on any atom is 0.326 e. The first-order chi connectivity index (χ1) is 7.95. The van der Waals surface area contributed by atoms with Gasteiger partial charge in [-0.1, -0.05) is 13.0 Å². The summed E-state index contributed by atoms with van der Waals surface area (Å²) in [6.45, 7) is 3.44. The minimum atomic E-state index is -1.03. The molecule has 0 fully saturated rings. The third-order valence-corrected chi connectivity index (χ3v) is 2.39. The van der Waals surface area contributed by atoms with Crippen molar-refractivity contribution < 1.29 is 14.8 Å². The van der Waals surface area contributed by atoms with E-state index in [4.69, 9.17) is 5.11 Å². The number of benzene rings is 1. The molecule has 6 heteroatoms. The van der Waals surface area contributed by atoms with Gasteiger partial charge in [0.1, 0.15) is 11.7 Å². The van der Waals surface area contributed by atoms with Crippen LogP contribution in [-0.2, 0) is 4.79 Å². The summed E-state index contributed by atoms with van der Waals surface area (Å²) in [7, 11) is 0. The van der Waals surface area contributed by atoms with Crippen LogP contribution in [0.25, 0.3) is 0 Å². The second-order valence-corrected chi connectivity index (χ2v) is 3.72. The van der Waals surface area contributed by atoms with Crippen molar-refractivity contribution in [2.45, 2.75) is 26.3 Å². The normalized spacial score (nSPS) is 11.9. The first-order valence-corrected chi connectivity index (χ1v) is 5.20. The summed E-state index contributed by atoms with van der Waals surface area (Å²) < 4.78 is 0. The van der Waals surface area contributed by atoms with Crippen molar-refractivity contribution in [1.29, 1.82) is 0 Å². The molecule has 17 heavy (non-hydrogen) atoms. The minimum absolute atomic E-state index is 0.107. The van der Waals surface area contributed by atoms with E-state index in [0.29, 0.717) is 6.42 Å². The summed E-state index contributed by atoms with van der Waals surface area (Å²) in [5, 5.41) is 22.4. The standard InChI is InChI=1S/C11H14N2O4/c1-3-8(11(14)15)12-9-5-4-7(2)6-10(9)13(16)17/h4-6,8,12H,3H2,1-2H3,(H,14,15). The number of nitro benzene ring substituents is 1. The lowest BCUT2D eigenvalue weighted by molar-refractivity contribution is -0.384. The van der Waals surface area contributed by atoms with Crippen LogP contribution in [0.2, 0.25) is 0 Å². The third kappa shape index (κ3) is 3.17. The maximum atomic E-state index is 10.9. The number of aliphatic carboxylic acids is 1. The third-order valence-electron chi connectivity index (χ3n) is 2.39. The Bertz CT molecular complexity index is 445. The van der Waals surface area contributed by atoms with E-state index in [-0.39, 0.29) is 11.4 Å². The van der Waals surface area contributed by atoms with Crippen LogP contribution in [0.4, 0.5) is 11.4 Å². The Morgan fingerprint density at radius 3 is 2.71 bits per heavy atom. The Labute approximate surface area is 98.4 Å².